The molecule has 31 heavy (non-hydrogen) atoms. The number of para-hydroxylation sites is 1. The number of rotatable bonds is 6. The van der Waals surface area contributed by atoms with Crippen LogP contribution in [0.5, 0.6) is 0 Å². The van der Waals surface area contributed by atoms with Gasteiger partial charge in [0, 0.05) is 43.5 Å². The van der Waals surface area contributed by atoms with E-state index in [2.05, 4.69) is 29.0 Å². The lowest BCUT2D eigenvalue weighted by Crippen LogP contribution is -2.49. The number of carbonyl (C=O) groups excluding carboxylic acids is 1. The summed E-state index contributed by atoms with van der Waals surface area (Å²) in [5.41, 5.74) is 1.79. The third-order valence-electron chi connectivity index (χ3n) is 5.00. The van der Waals surface area contributed by atoms with Crippen LogP contribution < -0.4 is 4.90 Å². The monoisotopic (exact) mass is 454 g/mol. The van der Waals surface area contributed by atoms with Gasteiger partial charge >= 0.3 is 0 Å². The second kappa shape index (κ2) is 10.2. The Morgan fingerprint density at radius 3 is 2.48 bits per heavy atom. The van der Waals surface area contributed by atoms with Crippen LogP contribution >= 0.6 is 23.5 Å². The number of aryl methyl sites for hydroxylation is 1. The van der Waals surface area contributed by atoms with Gasteiger partial charge in [-0.1, -0.05) is 53.4 Å². The van der Waals surface area contributed by atoms with Gasteiger partial charge in [0.1, 0.15) is 15.9 Å². The first kappa shape index (κ1) is 21.6. The predicted octanol–water partition coefficient (Wildman–Crippen LogP) is 4.52. The molecule has 1 aliphatic rings. The summed E-state index contributed by atoms with van der Waals surface area (Å²) in [7, 11) is 0. The van der Waals surface area contributed by atoms with E-state index in [0.717, 1.165) is 14.9 Å². The minimum absolute atomic E-state index is 0.0651. The maximum absolute atomic E-state index is 14.0. The highest BCUT2D eigenvalue weighted by molar-refractivity contribution is 8.02. The molecule has 1 aromatic heterocycles. The van der Waals surface area contributed by atoms with Crippen LogP contribution in [-0.4, -0.2) is 52.7 Å². The number of hydrogen-bond donors (Lipinski definition) is 0. The summed E-state index contributed by atoms with van der Waals surface area (Å²) in [4.78, 5) is 26.6. The van der Waals surface area contributed by atoms with Crippen LogP contribution in [0.3, 0.4) is 0 Å². The van der Waals surface area contributed by atoms with E-state index in [9.17, 15) is 9.18 Å². The molecule has 0 saturated carbocycles. The van der Waals surface area contributed by atoms with E-state index in [1.54, 1.807) is 36.3 Å². The molecule has 5 nitrogen and oxygen atoms in total. The van der Waals surface area contributed by atoms with Crippen molar-refractivity contribution >= 4 is 35.1 Å². The van der Waals surface area contributed by atoms with E-state index in [4.69, 9.17) is 0 Å². The van der Waals surface area contributed by atoms with Gasteiger partial charge < -0.3 is 9.80 Å². The van der Waals surface area contributed by atoms with Crippen molar-refractivity contribution in [2.24, 2.45) is 0 Å². The lowest BCUT2D eigenvalue weighted by Gasteiger charge is -2.36. The number of nitrogens with zero attached hydrogens (tertiary/aromatic N) is 4. The second-order valence-corrected chi connectivity index (χ2v) is 9.22. The first-order chi connectivity index (χ1) is 15.1. The molecule has 8 heteroatoms. The highest BCUT2D eigenvalue weighted by atomic mass is 32.2. The Hall–Kier alpha value is -2.58. The maximum atomic E-state index is 14.0. The minimum Gasteiger partial charge on any atom is -0.366 e. The van der Waals surface area contributed by atoms with Crippen LogP contribution in [-0.2, 0) is 4.79 Å². The van der Waals surface area contributed by atoms with Gasteiger partial charge in [-0.05, 0) is 31.2 Å². The molecule has 2 heterocycles. The average molecular weight is 455 g/mol. The fraction of sp³-hybridized carbons (Fsp3) is 0.261. The second-order valence-electron chi connectivity index (χ2n) is 7.19. The Morgan fingerprint density at radius 2 is 1.74 bits per heavy atom. The third-order valence-corrected chi connectivity index (χ3v) is 7.07. The molecule has 0 atom stereocenters. The van der Waals surface area contributed by atoms with Gasteiger partial charge in [-0.15, -0.1) is 0 Å². The van der Waals surface area contributed by atoms with Crippen LogP contribution in [0.1, 0.15) is 5.56 Å². The lowest BCUT2D eigenvalue weighted by atomic mass is 10.2. The van der Waals surface area contributed by atoms with Gasteiger partial charge in [-0.3, -0.25) is 4.79 Å². The number of carbonyl (C=O) groups is 1. The summed E-state index contributed by atoms with van der Waals surface area (Å²) in [6, 6.07) is 15.0. The van der Waals surface area contributed by atoms with Crippen molar-refractivity contribution in [1.29, 1.82) is 0 Å². The van der Waals surface area contributed by atoms with Gasteiger partial charge in [0.2, 0.25) is 5.91 Å². The van der Waals surface area contributed by atoms with E-state index >= 15 is 0 Å². The van der Waals surface area contributed by atoms with Crippen molar-refractivity contribution in [2.45, 2.75) is 21.9 Å². The van der Waals surface area contributed by atoms with Crippen molar-refractivity contribution in [3.8, 4) is 0 Å². The van der Waals surface area contributed by atoms with Crippen LogP contribution in [0.15, 0.2) is 75.9 Å². The van der Waals surface area contributed by atoms with Gasteiger partial charge in [-0.2, -0.15) is 0 Å². The number of amides is 1. The van der Waals surface area contributed by atoms with Crippen molar-refractivity contribution in [1.82, 2.24) is 14.9 Å². The summed E-state index contributed by atoms with van der Waals surface area (Å²) < 4.78 is 14.0. The van der Waals surface area contributed by atoms with E-state index in [-0.39, 0.29) is 11.7 Å². The molecule has 0 spiro atoms. The van der Waals surface area contributed by atoms with Crippen molar-refractivity contribution in [3.05, 3.63) is 72.3 Å². The zero-order chi connectivity index (χ0) is 21.6. The fourth-order valence-electron chi connectivity index (χ4n) is 3.40. The van der Waals surface area contributed by atoms with E-state index in [1.165, 1.54) is 23.4 Å². The molecule has 1 fully saturated rings. The fourth-order valence-corrected chi connectivity index (χ4v) is 5.32. The number of thioether (sulfide) groups is 1. The number of hydrogen-bond acceptors (Lipinski definition) is 6. The SMILES string of the molecule is Cc1cccc(Sc2nccnc2SCC(=O)N2CCN(c3ccccc3F)CC2)c1. The quantitative estimate of drug-likeness (QED) is 0.511. The normalized spacial score (nSPS) is 14.0. The number of anilines is 1. The van der Waals surface area contributed by atoms with Crippen LogP contribution in [0.2, 0.25) is 0 Å². The molecule has 1 aliphatic heterocycles. The molecule has 3 aromatic rings. The summed E-state index contributed by atoms with van der Waals surface area (Å²) in [5, 5.41) is 1.56. The van der Waals surface area contributed by atoms with E-state index < -0.39 is 0 Å². The zero-order valence-corrected chi connectivity index (χ0v) is 18.8. The summed E-state index contributed by atoms with van der Waals surface area (Å²) in [5.74, 6) is 0.147. The molecule has 1 amide bonds. The Balaban J connectivity index is 1.33. The number of piperazine rings is 1. The first-order valence-corrected chi connectivity index (χ1v) is 11.9. The molecule has 1 saturated heterocycles. The lowest BCUT2D eigenvalue weighted by molar-refractivity contribution is -0.128. The Labute approximate surface area is 190 Å². The molecular formula is C23H23FN4OS2. The maximum Gasteiger partial charge on any atom is 0.233 e. The molecule has 160 valence electrons. The highest BCUT2D eigenvalue weighted by Crippen LogP contribution is 2.33. The number of benzene rings is 2. The molecule has 2 aromatic carbocycles. The molecule has 0 unspecified atom stereocenters. The Bertz CT molecular complexity index is 1060. The molecular weight excluding hydrogens is 431 g/mol. The van der Waals surface area contributed by atoms with Crippen molar-refractivity contribution in [3.63, 3.8) is 0 Å². The van der Waals surface area contributed by atoms with Gasteiger partial charge in [0.25, 0.3) is 0 Å². The van der Waals surface area contributed by atoms with E-state index in [1.807, 2.05) is 28.0 Å². The Morgan fingerprint density at radius 1 is 1.00 bits per heavy atom. The minimum atomic E-state index is -0.223. The number of halogens is 1. The number of aromatic nitrogens is 2. The van der Waals surface area contributed by atoms with Crippen molar-refractivity contribution in [2.75, 3.05) is 36.8 Å². The molecule has 0 radical (unpaired) electrons. The van der Waals surface area contributed by atoms with Gasteiger partial charge in [0.05, 0.1) is 11.4 Å². The van der Waals surface area contributed by atoms with Crippen molar-refractivity contribution < 1.29 is 9.18 Å². The van der Waals surface area contributed by atoms with Gasteiger partial charge in [-0.25, -0.2) is 14.4 Å². The molecule has 0 aliphatic carbocycles. The third kappa shape index (κ3) is 5.57. The standard InChI is InChI=1S/C23H23FN4OS2/c1-17-5-4-6-18(15-17)31-23-22(25-9-10-26-23)30-16-21(29)28-13-11-27(12-14-28)20-8-3-2-7-19(20)24/h2-10,15H,11-14,16H2,1H3. The first-order valence-electron chi connectivity index (χ1n) is 10.1. The zero-order valence-electron chi connectivity index (χ0n) is 17.2. The average Bonchev–Trinajstić information content (AvgIpc) is 2.79. The summed E-state index contributed by atoms with van der Waals surface area (Å²) in [6.07, 6.45) is 3.33. The summed E-state index contributed by atoms with van der Waals surface area (Å²) in [6.45, 7) is 4.47. The predicted molar refractivity (Wildman–Crippen MR) is 123 cm³/mol. The molecule has 0 bridgehead atoms. The van der Waals surface area contributed by atoms with Crippen LogP contribution in [0.4, 0.5) is 10.1 Å². The van der Waals surface area contributed by atoms with E-state index in [0.29, 0.717) is 37.6 Å². The molecule has 0 N–H and O–H groups in total. The Kier molecular flexibility index (Phi) is 7.09. The largest absolute Gasteiger partial charge is 0.366 e. The van der Waals surface area contributed by atoms with Gasteiger partial charge in [0.15, 0.2) is 0 Å². The smallest absolute Gasteiger partial charge is 0.233 e. The highest BCUT2D eigenvalue weighted by Gasteiger charge is 2.23. The molecule has 4 rings (SSSR count). The van der Waals surface area contributed by atoms with Crippen LogP contribution in [0, 0.1) is 12.7 Å². The topological polar surface area (TPSA) is 49.3 Å². The van der Waals surface area contributed by atoms with Crippen LogP contribution in [0.25, 0.3) is 0 Å². The summed E-state index contributed by atoms with van der Waals surface area (Å²) >= 11 is 2.97.